The molecule has 2 aromatic rings. The Kier molecular flexibility index (Phi) is 8.36. The molecule has 0 saturated heterocycles. The smallest absolute Gasteiger partial charge is 0.323 e. The van der Waals surface area contributed by atoms with Crippen molar-refractivity contribution in [1.82, 2.24) is 9.88 Å². The van der Waals surface area contributed by atoms with Crippen LogP contribution in [-0.2, 0) is 3.93 Å². The molecular formula is C23H22Cl2F2IN5. The molecule has 0 bridgehead atoms. The molecule has 1 aromatic heterocycles. The summed E-state index contributed by atoms with van der Waals surface area (Å²) in [6, 6.07) is 6.17. The molecule has 1 aliphatic heterocycles. The molecule has 0 aliphatic carbocycles. The number of nitrogens with zero attached hydrogens (tertiary/aromatic N) is 3. The van der Waals surface area contributed by atoms with E-state index in [1.165, 1.54) is 18.3 Å². The highest BCUT2D eigenvalue weighted by atomic mass is 127. The van der Waals surface area contributed by atoms with E-state index in [2.05, 4.69) is 21.9 Å². The highest BCUT2D eigenvalue weighted by Gasteiger charge is 2.29. The van der Waals surface area contributed by atoms with Crippen LogP contribution in [0, 0.1) is 0 Å². The van der Waals surface area contributed by atoms with E-state index in [-0.39, 0.29) is 10.6 Å². The summed E-state index contributed by atoms with van der Waals surface area (Å²) in [6.45, 7) is 5.35. The van der Waals surface area contributed by atoms with Crippen molar-refractivity contribution in [1.29, 1.82) is 0 Å². The van der Waals surface area contributed by atoms with Crippen molar-refractivity contribution in [3.63, 3.8) is 0 Å². The van der Waals surface area contributed by atoms with E-state index < -0.39 is 3.93 Å². The van der Waals surface area contributed by atoms with Crippen LogP contribution in [0.1, 0.15) is 23.2 Å². The number of nitrogens with two attached hydrogens (primary N) is 1. The number of hydrogen-bond donors (Lipinski definition) is 2. The number of halogens is 5. The second kappa shape index (κ2) is 10.8. The summed E-state index contributed by atoms with van der Waals surface area (Å²) in [5.74, 6) is 0.640. The first-order chi connectivity index (χ1) is 15.6. The van der Waals surface area contributed by atoms with Crippen LogP contribution in [0.4, 0.5) is 14.5 Å². The van der Waals surface area contributed by atoms with E-state index in [0.717, 1.165) is 45.0 Å². The van der Waals surface area contributed by atoms with Crippen molar-refractivity contribution in [2.24, 2.45) is 10.7 Å². The molecule has 0 spiro atoms. The van der Waals surface area contributed by atoms with Crippen molar-refractivity contribution < 1.29 is 8.78 Å². The molecule has 5 nitrogen and oxygen atoms in total. The Bertz CT molecular complexity index is 1140. The predicted molar refractivity (Wildman–Crippen MR) is 142 cm³/mol. The third kappa shape index (κ3) is 6.24. The molecule has 0 radical (unpaired) electrons. The van der Waals surface area contributed by atoms with Crippen LogP contribution in [0.15, 0.2) is 60.1 Å². The molecule has 3 N–H and O–H groups in total. The van der Waals surface area contributed by atoms with Crippen molar-refractivity contribution in [2.45, 2.75) is 10.4 Å². The summed E-state index contributed by atoms with van der Waals surface area (Å²) in [6.07, 6.45) is 7.59. The largest absolute Gasteiger partial charge is 0.404 e. The molecule has 0 fully saturated rings. The average Bonchev–Trinajstić information content (AvgIpc) is 2.76. The zero-order chi connectivity index (χ0) is 24.2. The highest BCUT2D eigenvalue weighted by molar-refractivity contribution is 14.1. The summed E-state index contributed by atoms with van der Waals surface area (Å²) in [7, 11) is 1.67. The Morgan fingerprint density at radius 2 is 2.09 bits per heavy atom. The van der Waals surface area contributed by atoms with Crippen LogP contribution in [0.5, 0.6) is 0 Å². The zero-order valence-electron chi connectivity index (χ0n) is 17.8. The molecule has 3 rings (SSSR count). The van der Waals surface area contributed by atoms with Gasteiger partial charge in [0, 0.05) is 83.7 Å². The Morgan fingerprint density at radius 3 is 2.64 bits per heavy atom. The van der Waals surface area contributed by atoms with Gasteiger partial charge in [-0.25, -0.2) is 0 Å². The number of hydrogen-bond acceptors (Lipinski definition) is 5. The third-order valence-electron chi connectivity index (χ3n) is 5.08. The first kappa shape index (κ1) is 25.5. The number of nitrogens with one attached hydrogen (secondary N) is 1. The Balaban J connectivity index is 1.68. The molecule has 2 heterocycles. The number of alkyl halides is 3. The fourth-order valence-corrected chi connectivity index (χ4v) is 4.60. The molecule has 10 heteroatoms. The lowest BCUT2D eigenvalue weighted by molar-refractivity contribution is 0.127. The van der Waals surface area contributed by atoms with Gasteiger partial charge in [-0.3, -0.25) is 9.98 Å². The van der Waals surface area contributed by atoms with Crippen LogP contribution in [0.2, 0.25) is 10.0 Å². The fraction of sp³-hybridized carbons (Fsp3) is 0.217. The molecular weight excluding hydrogens is 582 g/mol. The van der Waals surface area contributed by atoms with Crippen molar-refractivity contribution in [3.8, 4) is 0 Å². The lowest BCUT2D eigenvalue weighted by Crippen LogP contribution is -2.30. The van der Waals surface area contributed by atoms with Gasteiger partial charge in [0.1, 0.15) is 0 Å². The third-order valence-corrected chi connectivity index (χ3v) is 6.26. The quantitative estimate of drug-likeness (QED) is 0.214. The van der Waals surface area contributed by atoms with Gasteiger partial charge in [0.25, 0.3) is 0 Å². The van der Waals surface area contributed by atoms with Crippen LogP contribution in [0.25, 0.3) is 11.1 Å². The molecule has 0 saturated carbocycles. The van der Waals surface area contributed by atoms with Gasteiger partial charge in [-0.05, 0) is 36.3 Å². The molecule has 1 aromatic carbocycles. The fourth-order valence-electron chi connectivity index (χ4n) is 3.38. The monoisotopic (exact) mass is 603 g/mol. The number of benzene rings is 1. The lowest BCUT2D eigenvalue weighted by atomic mass is 10.0. The highest BCUT2D eigenvalue weighted by Crippen LogP contribution is 2.40. The number of allylic oxidation sites excluding steroid dienone is 1. The molecule has 174 valence electrons. The second-order valence-corrected chi connectivity index (χ2v) is 9.42. The summed E-state index contributed by atoms with van der Waals surface area (Å²) in [4.78, 5) is 10.6. The van der Waals surface area contributed by atoms with E-state index in [1.807, 2.05) is 17.0 Å². The number of aliphatic imine (C=N–C) groups is 1. The standard InChI is InChI=1S/C23H22Cl2F2IN5/c1-14(32-18-3-4-19(20(24)10-18)23(26,27)28)33-7-5-15(6-8-33)22-21(25)9-16(13-31-22)17(11-29)12-30-2/h3-5,9-13,32H,1,6-8,29H2,2H3. The maximum absolute atomic E-state index is 13.5. The SMILES string of the molecule is C=C(Nc1ccc(C(F)(F)I)c(Cl)c1)N1CC=C(c2ncc(C(C=NC)=CN)cc2Cl)CC1. The van der Waals surface area contributed by atoms with Crippen LogP contribution in [-0.4, -0.2) is 36.2 Å². The molecule has 0 atom stereocenters. The molecule has 0 unspecified atom stereocenters. The minimum absolute atomic E-state index is 0.00460. The molecule has 0 amide bonds. The summed E-state index contributed by atoms with van der Waals surface area (Å²) < 4.78 is 24.1. The van der Waals surface area contributed by atoms with Gasteiger partial charge in [0.15, 0.2) is 0 Å². The minimum Gasteiger partial charge on any atom is -0.404 e. The second-order valence-electron chi connectivity index (χ2n) is 7.25. The van der Waals surface area contributed by atoms with Crippen molar-refractivity contribution in [3.05, 3.63) is 82.0 Å². The number of aromatic nitrogens is 1. The zero-order valence-corrected chi connectivity index (χ0v) is 21.4. The predicted octanol–water partition coefficient (Wildman–Crippen LogP) is 6.55. The summed E-state index contributed by atoms with van der Waals surface area (Å²) >= 11 is 13.6. The molecule has 1 aliphatic rings. The minimum atomic E-state index is -3.03. The maximum Gasteiger partial charge on any atom is 0.323 e. The average molecular weight is 604 g/mol. The van der Waals surface area contributed by atoms with E-state index in [9.17, 15) is 8.78 Å². The van der Waals surface area contributed by atoms with Crippen molar-refractivity contribution >= 4 is 68.8 Å². The van der Waals surface area contributed by atoms with Gasteiger partial charge >= 0.3 is 3.93 Å². The lowest BCUT2D eigenvalue weighted by Gasteiger charge is -2.30. The van der Waals surface area contributed by atoms with Gasteiger partial charge in [0.2, 0.25) is 0 Å². The van der Waals surface area contributed by atoms with Gasteiger partial charge in [0.05, 0.1) is 21.6 Å². The van der Waals surface area contributed by atoms with Gasteiger partial charge < -0.3 is 16.0 Å². The van der Waals surface area contributed by atoms with Gasteiger partial charge in [-0.15, -0.1) is 0 Å². The summed E-state index contributed by atoms with van der Waals surface area (Å²) in [5, 5.41) is 3.67. The summed E-state index contributed by atoms with van der Waals surface area (Å²) in [5.41, 5.74) is 9.31. The Hall–Kier alpha value is -2.17. The van der Waals surface area contributed by atoms with Crippen molar-refractivity contribution in [2.75, 3.05) is 25.5 Å². The van der Waals surface area contributed by atoms with E-state index >= 15 is 0 Å². The number of anilines is 1. The van der Waals surface area contributed by atoms with E-state index in [4.69, 9.17) is 28.9 Å². The van der Waals surface area contributed by atoms with Crippen LogP contribution < -0.4 is 11.1 Å². The Morgan fingerprint density at radius 1 is 1.33 bits per heavy atom. The first-order valence-corrected chi connectivity index (χ1v) is 11.7. The van der Waals surface area contributed by atoms with Crippen LogP contribution >= 0.6 is 45.8 Å². The van der Waals surface area contributed by atoms with E-state index in [0.29, 0.717) is 36.0 Å². The molecule has 33 heavy (non-hydrogen) atoms. The van der Waals surface area contributed by atoms with E-state index in [1.54, 1.807) is 25.5 Å². The Labute approximate surface area is 215 Å². The maximum atomic E-state index is 13.5. The number of pyridine rings is 1. The number of rotatable bonds is 7. The van der Waals surface area contributed by atoms with Gasteiger partial charge in [-0.1, -0.05) is 35.9 Å². The van der Waals surface area contributed by atoms with Gasteiger partial charge in [-0.2, -0.15) is 8.78 Å². The van der Waals surface area contributed by atoms with Crippen LogP contribution in [0.3, 0.4) is 0 Å². The topological polar surface area (TPSA) is 66.5 Å². The normalized spacial score (nSPS) is 15.0. The first-order valence-electron chi connectivity index (χ1n) is 9.91.